The summed E-state index contributed by atoms with van der Waals surface area (Å²) in [6.45, 7) is 2.92. The molecule has 34 heavy (non-hydrogen) atoms. The Hall–Kier alpha value is -1.68. The summed E-state index contributed by atoms with van der Waals surface area (Å²) in [7, 11) is -4.79. The molecule has 1 aliphatic rings. The number of hydrogen-bond donors (Lipinski definition) is 4. The second-order valence-electron chi connectivity index (χ2n) is 8.78. The third kappa shape index (κ3) is 8.83. The summed E-state index contributed by atoms with van der Waals surface area (Å²) in [4.78, 5) is 17.6. The topological polar surface area (TPSA) is 122 Å². The Morgan fingerprint density at radius 1 is 1.24 bits per heavy atom. The molecule has 0 heterocycles. The van der Waals surface area contributed by atoms with Crippen LogP contribution < -0.4 is 5.73 Å². The van der Waals surface area contributed by atoms with Crippen LogP contribution in [0.25, 0.3) is 0 Å². The molecule has 0 bridgehead atoms. The Balaban J connectivity index is 1.95. The standard InChI is InChI=1S/C23H33F3NO6P/c1-16-5-3-6-19(17(16)2)7-4-12-32-21-9-8-18(13-20(21)23(24,25)26)10-11-22(27,14-28)15-33-34(29,30)31/h3,5-6,9,13,18,28H,4,7-8,10-12,14-15,27H2,1-2H3,(H2,29,30,31). The first-order valence-electron chi connectivity index (χ1n) is 11.0. The number of rotatable bonds is 12. The van der Waals surface area contributed by atoms with E-state index in [1.54, 1.807) is 0 Å². The number of halogens is 3. The molecule has 192 valence electrons. The smallest absolute Gasteiger partial charge is 0.469 e. The monoisotopic (exact) mass is 507 g/mol. The lowest BCUT2D eigenvalue weighted by atomic mass is 9.86. The van der Waals surface area contributed by atoms with Crippen LogP contribution >= 0.6 is 7.82 Å². The Morgan fingerprint density at radius 2 is 1.94 bits per heavy atom. The predicted octanol–water partition coefficient (Wildman–Crippen LogP) is 4.22. The van der Waals surface area contributed by atoms with Gasteiger partial charge in [0.25, 0.3) is 0 Å². The minimum Gasteiger partial charge on any atom is -0.493 e. The van der Waals surface area contributed by atoms with Crippen molar-refractivity contribution in [1.82, 2.24) is 0 Å². The Kier molecular flexibility index (Phi) is 9.94. The highest BCUT2D eigenvalue weighted by molar-refractivity contribution is 7.46. The number of aryl methyl sites for hydroxylation is 2. The van der Waals surface area contributed by atoms with E-state index in [9.17, 15) is 22.8 Å². The maximum Gasteiger partial charge on any atom is 0.469 e. The SMILES string of the molecule is Cc1cccc(CCCOC2=CCC(CCC(N)(CO)COP(=O)(O)O)C=C2C(F)(F)F)c1C. The van der Waals surface area contributed by atoms with Gasteiger partial charge in [0, 0.05) is 0 Å². The van der Waals surface area contributed by atoms with Crippen LogP contribution in [-0.4, -0.2) is 46.4 Å². The number of phosphoric ester groups is 1. The number of aliphatic hydroxyl groups is 1. The van der Waals surface area contributed by atoms with Crippen molar-refractivity contribution in [3.8, 4) is 0 Å². The summed E-state index contributed by atoms with van der Waals surface area (Å²) in [5.74, 6) is -0.723. The maximum atomic E-state index is 13.7. The summed E-state index contributed by atoms with van der Waals surface area (Å²) >= 11 is 0. The van der Waals surface area contributed by atoms with Gasteiger partial charge in [0.1, 0.15) is 5.76 Å². The van der Waals surface area contributed by atoms with Crippen LogP contribution in [0.1, 0.15) is 42.4 Å². The van der Waals surface area contributed by atoms with Gasteiger partial charge in [-0.1, -0.05) is 24.3 Å². The number of hydrogen-bond acceptors (Lipinski definition) is 5. The van der Waals surface area contributed by atoms with Crippen LogP contribution in [0.3, 0.4) is 0 Å². The molecule has 0 fully saturated rings. The van der Waals surface area contributed by atoms with Crippen LogP contribution in [0.5, 0.6) is 0 Å². The van der Waals surface area contributed by atoms with E-state index in [2.05, 4.69) is 4.52 Å². The van der Waals surface area contributed by atoms with E-state index in [1.165, 1.54) is 11.6 Å². The fourth-order valence-electron chi connectivity index (χ4n) is 3.74. The molecule has 7 nitrogen and oxygen atoms in total. The van der Waals surface area contributed by atoms with Crippen LogP contribution in [0.2, 0.25) is 0 Å². The van der Waals surface area contributed by atoms with Gasteiger partial charge >= 0.3 is 14.0 Å². The van der Waals surface area contributed by atoms with Gasteiger partial charge in [-0.05, 0) is 74.6 Å². The van der Waals surface area contributed by atoms with Gasteiger partial charge in [-0.15, -0.1) is 0 Å². The molecule has 5 N–H and O–H groups in total. The zero-order chi connectivity index (χ0) is 25.6. The minimum atomic E-state index is -4.79. The van der Waals surface area contributed by atoms with Crippen LogP contribution in [0.4, 0.5) is 13.2 Å². The average Bonchev–Trinajstić information content (AvgIpc) is 2.76. The number of ether oxygens (including phenoxy) is 1. The lowest BCUT2D eigenvalue weighted by molar-refractivity contribution is -0.0949. The highest BCUT2D eigenvalue weighted by Crippen LogP contribution is 2.39. The van der Waals surface area contributed by atoms with Crippen molar-refractivity contribution in [3.63, 3.8) is 0 Å². The summed E-state index contributed by atoms with van der Waals surface area (Å²) in [5, 5.41) is 9.48. The van der Waals surface area contributed by atoms with E-state index in [0.29, 0.717) is 12.8 Å². The Labute approximate surface area is 197 Å². The van der Waals surface area contributed by atoms with Crippen LogP contribution in [0.15, 0.2) is 41.7 Å². The molecule has 1 aromatic rings. The number of allylic oxidation sites excluding steroid dienone is 3. The lowest BCUT2D eigenvalue weighted by Crippen LogP contribution is -2.48. The van der Waals surface area contributed by atoms with E-state index < -0.39 is 44.2 Å². The summed E-state index contributed by atoms with van der Waals surface area (Å²) in [6.07, 6.45) is -0.360. The molecule has 0 spiro atoms. The average molecular weight is 507 g/mol. The van der Waals surface area contributed by atoms with Crippen molar-refractivity contribution >= 4 is 7.82 Å². The molecule has 11 heteroatoms. The van der Waals surface area contributed by atoms with Crippen molar-refractivity contribution < 1.29 is 41.9 Å². The molecule has 2 rings (SSSR count). The maximum absolute atomic E-state index is 13.7. The molecule has 0 saturated heterocycles. The van der Waals surface area contributed by atoms with Gasteiger partial charge in [0.05, 0.1) is 30.9 Å². The number of nitrogens with two attached hydrogens (primary N) is 1. The number of alkyl halides is 3. The van der Waals surface area contributed by atoms with Gasteiger partial charge in [0.15, 0.2) is 0 Å². The first kappa shape index (κ1) is 28.6. The number of aliphatic hydroxyl groups excluding tert-OH is 1. The largest absolute Gasteiger partial charge is 0.493 e. The molecule has 0 radical (unpaired) electrons. The first-order chi connectivity index (χ1) is 15.7. The fourth-order valence-corrected chi connectivity index (χ4v) is 4.16. The van der Waals surface area contributed by atoms with Crippen molar-refractivity contribution in [2.24, 2.45) is 11.7 Å². The molecule has 0 saturated carbocycles. The second kappa shape index (κ2) is 11.8. The summed E-state index contributed by atoms with van der Waals surface area (Å²) in [5.41, 5.74) is 7.06. The van der Waals surface area contributed by atoms with E-state index in [1.807, 2.05) is 32.0 Å². The van der Waals surface area contributed by atoms with Gasteiger partial charge in [-0.2, -0.15) is 13.2 Å². The second-order valence-corrected chi connectivity index (χ2v) is 10.0. The first-order valence-corrected chi connectivity index (χ1v) is 12.5. The highest BCUT2D eigenvalue weighted by atomic mass is 31.2. The predicted molar refractivity (Wildman–Crippen MR) is 122 cm³/mol. The Morgan fingerprint density at radius 3 is 2.56 bits per heavy atom. The highest BCUT2D eigenvalue weighted by Gasteiger charge is 2.39. The third-order valence-corrected chi connectivity index (χ3v) is 6.46. The van der Waals surface area contributed by atoms with Gasteiger partial charge in [0.2, 0.25) is 0 Å². The fraction of sp³-hybridized carbons (Fsp3) is 0.565. The van der Waals surface area contributed by atoms with Crippen molar-refractivity contribution in [1.29, 1.82) is 0 Å². The third-order valence-electron chi connectivity index (χ3n) is 5.99. The van der Waals surface area contributed by atoms with Gasteiger partial charge in [-0.25, -0.2) is 4.57 Å². The summed E-state index contributed by atoms with van der Waals surface area (Å²) in [6, 6.07) is 5.97. The van der Waals surface area contributed by atoms with Crippen LogP contribution in [0, 0.1) is 19.8 Å². The van der Waals surface area contributed by atoms with Gasteiger partial charge < -0.3 is 25.4 Å². The molecule has 0 amide bonds. The Bertz CT molecular complexity index is 943. The zero-order valence-corrected chi connectivity index (χ0v) is 20.2. The van der Waals surface area contributed by atoms with Crippen molar-refractivity contribution in [2.45, 2.75) is 57.7 Å². The molecular formula is C23H33F3NO6P. The van der Waals surface area contributed by atoms with E-state index in [4.69, 9.17) is 20.3 Å². The molecule has 2 unspecified atom stereocenters. The molecular weight excluding hydrogens is 474 g/mol. The van der Waals surface area contributed by atoms with E-state index >= 15 is 0 Å². The number of benzene rings is 1. The molecule has 1 aromatic carbocycles. The molecule has 0 aromatic heterocycles. The van der Waals surface area contributed by atoms with Gasteiger partial charge in [-0.3, -0.25) is 4.52 Å². The quantitative estimate of drug-likeness (QED) is 0.247. The minimum absolute atomic E-state index is 0.00960. The molecule has 0 aliphatic heterocycles. The number of phosphoric acid groups is 1. The molecule has 1 aliphatic carbocycles. The van der Waals surface area contributed by atoms with Crippen molar-refractivity contribution in [2.75, 3.05) is 19.8 Å². The normalized spacial score (nSPS) is 18.8. The van der Waals surface area contributed by atoms with Crippen LogP contribution in [-0.2, 0) is 20.2 Å². The van der Waals surface area contributed by atoms with Crippen molar-refractivity contribution in [3.05, 3.63) is 58.4 Å². The molecule has 2 atom stereocenters. The lowest BCUT2D eigenvalue weighted by Gasteiger charge is -2.29. The zero-order valence-electron chi connectivity index (χ0n) is 19.3. The van der Waals surface area contributed by atoms with E-state index in [0.717, 1.165) is 17.2 Å². The summed E-state index contributed by atoms with van der Waals surface area (Å²) < 4.78 is 61.8. The van der Waals surface area contributed by atoms with E-state index in [-0.39, 0.29) is 31.6 Å².